The number of nitrogens with zero attached hydrogens (tertiary/aromatic N) is 3. The van der Waals surface area contributed by atoms with Crippen molar-refractivity contribution in [3.05, 3.63) is 62.1 Å². The maximum atomic E-state index is 12.5. The Kier molecular flexibility index (Phi) is 5.48. The van der Waals surface area contributed by atoms with E-state index >= 15 is 0 Å². The molecule has 0 unspecified atom stereocenters. The number of aliphatic hydroxyl groups excluding tert-OH is 1. The van der Waals surface area contributed by atoms with Crippen molar-refractivity contribution in [3.63, 3.8) is 0 Å². The van der Waals surface area contributed by atoms with Crippen molar-refractivity contribution < 1.29 is 19.5 Å². The zero-order valence-electron chi connectivity index (χ0n) is 16.0. The SMILES string of the molecule is Nc1nc2c(c(COCc3ccccc3[N+](=O)[O-])cn2[C@H]2CC[C@@H](CO)O2)c(=O)[nH]1. The van der Waals surface area contributed by atoms with Gasteiger partial charge in [0.2, 0.25) is 5.95 Å². The number of hydrogen-bond donors (Lipinski definition) is 3. The fourth-order valence-corrected chi connectivity index (χ4v) is 3.68. The largest absolute Gasteiger partial charge is 0.394 e. The number of para-hydroxylation sites is 1. The summed E-state index contributed by atoms with van der Waals surface area (Å²) in [7, 11) is 0. The first-order valence-corrected chi connectivity index (χ1v) is 9.43. The molecule has 1 fully saturated rings. The van der Waals surface area contributed by atoms with E-state index in [1.54, 1.807) is 29.0 Å². The van der Waals surface area contributed by atoms with E-state index in [-0.39, 0.29) is 43.8 Å². The number of rotatable bonds is 7. The van der Waals surface area contributed by atoms with E-state index in [1.165, 1.54) is 6.07 Å². The van der Waals surface area contributed by atoms with Gasteiger partial charge in [0.15, 0.2) is 5.65 Å². The molecule has 4 rings (SSSR count). The minimum absolute atomic E-state index is 0.0106. The number of nitro groups is 1. The van der Waals surface area contributed by atoms with E-state index in [4.69, 9.17) is 15.2 Å². The Balaban J connectivity index is 1.62. The number of benzene rings is 1. The first-order chi connectivity index (χ1) is 14.5. The predicted octanol–water partition coefficient (Wildman–Crippen LogP) is 1.60. The molecular formula is C19H21N5O6. The summed E-state index contributed by atoms with van der Waals surface area (Å²) in [5.41, 5.74) is 6.65. The normalized spacial score (nSPS) is 18.8. The Morgan fingerprint density at radius 1 is 1.33 bits per heavy atom. The number of ether oxygens (including phenoxy) is 2. The number of H-pyrrole nitrogens is 1. The number of nitrogens with one attached hydrogen (secondary N) is 1. The number of aromatic amines is 1. The average molecular weight is 415 g/mol. The number of nitrogens with two attached hydrogens (primary N) is 1. The van der Waals surface area contributed by atoms with Crippen LogP contribution in [-0.2, 0) is 22.7 Å². The van der Waals surface area contributed by atoms with Crippen LogP contribution >= 0.6 is 0 Å². The summed E-state index contributed by atoms with van der Waals surface area (Å²) in [6.07, 6.45) is 2.39. The van der Waals surface area contributed by atoms with Crippen molar-refractivity contribution in [1.82, 2.24) is 14.5 Å². The lowest BCUT2D eigenvalue weighted by Gasteiger charge is -2.14. The highest BCUT2D eigenvalue weighted by atomic mass is 16.6. The molecule has 0 radical (unpaired) electrons. The zero-order chi connectivity index (χ0) is 21.3. The van der Waals surface area contributed by atoms with Crippen LogP contribution in [0, 0.1) is 10.1 Å². The summed E-state index contributed by atoms with van der Waals surface area (Å²) in [5, 5.41) is 20.8. The summed E-state index contributed by atoms with van der Waals surface area (Å²) in [5.74, 6) is -0.0177. The van der Waals surface area contributed by atoms with Crippen LogP contribution in [0.2, 0.25) is 0 Å². The van der Waals surface area contributed by atoms with Gasteiger partial charge in [0.1, 0.15) is 6.23 Å². The third kappa shape index (κ3) is 3.77. The van der Waals surface area contributed by atoms with Gasteiger partial charge in [0.05, 0.1) is 41.8 Å². The number of nitrogen functional groups attached to an aromatic ring is 1. The molecule has 0 spiro atoms. The van der Waals surface area contributed by atoms with Gasteiger partial charge in [-0.3, -0.25) is 19.9 Å². The number of hydrogen-bond acceptors (Lipinski definition) is 8. The topological polar surface area (TPSA) is 159 Å². The van der Waals surface area contributed by atoms with E-state index in [2.05, 4.69) is 9.97 Å². The second kappa shape index (κ2) is 8.22. The maximum Gasteiger partial charge on any atom is 0.274 e. The van der Waals surface area contributed by atoms with Crippen molar-refractivity contribution in [2.75, 3.05) is 12.3 Å². The Hall–Kier alpha value is -3.28. The quantitative estimate of drug-likeness (QED) is 0.388. The predicted molar refractivity (Wildman–Crippen MR) is 107 cm³/mol. The van der Waals surface area contributed by atoms with Gasteiger partial charge < -0.3 is 24.9 Å². The van der Waals surface area contributed by atoms with Crippen molar-refractivity contribution in [2.24, 2.45) is 0 Å². The van der Waals surface area contributed by atoms with Crippen LogP contribution < -0.4 is 11.3 Å². The van der Waals surface area contributed by atoms with Crippen molar-refractivity contribution in [2.45, 2.75) is 38.4 Å². The average Bonchev–Trinajstić information content (AvgIpc) is 3.33. The monoisotopic (exact) mass is 415 g/mol. The van der Waals surface area contributed by atoms with Gasteiger partial charge in [0.25, 0.3) is 11.2 Å². The number of aliphatic hydroxyl groups is 1. The second-order valence-corrected chi connectivity index (χ2v) is 7.06. The first kappa shape index (κ1) is 20.0. The Bertz CT molecular complexity index is 1140. The minimum atomic E-state index is -0.461. The van der Waals surface area contributed by atoms with E-state index in [0.29, 0.717) is 35.0 Å². The van der Waals surface area contributed by atoms with Crippen LogP contribution in [0.15, 0.2) is 35.3 Å². The van der Waals surface area contributed by atoms with Crippen molar-refractivity contribution in [1.29, 1.82) is 0 Å². The molecule has 0 aliphatic carbocycles. The fourth-order valence-electron chi connectivity index (χ4n) is 3.68. The Morgan fingerprint density at radius 3 is 2.83 bits per heavy atom. The van der Waals surface area contributed by atoms with E-state index < -0.39 is 10.5 Å². The van der Waals surface area contributed by atoms with Crippen LogP contribution in [0.3, 0.4) is 0 Å². The van der Waals surface area contributed by atoms with E-state index in [0.717, 1.165) is 0 Å². The van der Waals surface area contributed by atoms with Crippen LogP contribution in [0.25, 0.3) is 11.0 Å². The van der Waals surface area contributed by atoms with E-state index in [9.17, 15) is 20.0 Å². The molecule has 2 atom stereocenters. The molecule has 1 aromatic carbocycles. The van der Waals surface area contributed by atoms with E-state index in [1.807, 2.05) is 0 Å². The highest BCUT2D eigenvalue weighted by Gasteiger charge is 2.28. The number of nitro benzene ring substituents is 1. The molecule has 2 aromatic heterocycles. The molecule has 0 bridgehead atoms. The molecule has 158 valence electrons. The lowest BCUT2D eigenvalue weighted by Crippen LogP contribution is -2.16. The van der Waals surface area contributed by atoms with Gasteiger partial charge >= 0.3 is 0 Å². The van der Waals surface area contributed by atoms with Gasteiger partial charge in [-0.2, -0.15) is 4.98 Å². The van der Waals surface area contributed by atoms with Crippen LogP contribution in [0.5, 0.6) is 0 Å². The molecule has 11 nitrogen and oxygen atoms in total. The van der Waals surface area contributed by atoms with Crippen LogP contribution in [0.4, 0.5) is 11.6 Å². The molecule has 1 aliphatic heterocycles. The lowest BCUT2D eigenvalue weighted by molar-refractivity contribution is -0.386. The summed E-state index contributed by atoms with van der Waals surface area (Å²) < 4.78 is 13.2. The first-order valence-electron chi connectivity index (χ1n) is 9.43. The third-order valence-electron chi connectivity index (χ3n) is 5.08. The minimum Gasteiger partial charge on any atom is -0.394 e. The standard InChI is InChI=1S/C19H21N5O6/c20-19-21-17-16(18(26)22-19)12(7-23(17)15-6-5-13(8-25)30-15)10-29-9-11-3-1-2-4-14(11)24(27)28/h1-4,7,13,15,25H,5-6,8-10H2,(H3,20,21,22,26)/t13-,15+/m0/s1. The molecule has 11 heteroatoms. The molecular weight excluding hydrogens is 394 g/mol. The highest BCUT2D eigenvalue weighted by Crippen LogP contribution is 2.32. The van der Waals surface area contributed by atoms with Crippen molar-refractivity contribution in [3.8, 4) is 0 Å². The van der Waals surface area contributed by atoms with Gasteiger partial charge in [-0.05, 0) is 18.9 Å². The molecule has 1 saturated heterocycles. The number of anilines is 1. The van der Waals surface area contributed by atoms with Gasteiger partial charge in [0, 0.05) is 17.8 Å². The van der Waals surface area contributed by atoms with Crippen LogP contribution in [0.1, 0.15) is 30.2 Å². The Labute approximate surface area is 170 Å². The summed E-state index contributed by atoms with van der Waals surface area (Å²) in [6, 6.07) is 6.32. The second-order valence-electron chi connectivity index (χ2n) is 7.06. The smallest absolute Gasteiger partial charge is 0.274 e. The molecule has 3 heterocycles. The molecule has 0 saturated carbocycles. The zero-order valence-corrected chi connectivity index (χ0v) is 16.0. The van der Waals surface area contributed by atoms with Gasteiger partial charge in [-0.1, -0.05) is 12.1 Å². The third-order valence-corrected chi connectivity index (χ3v) is 5.08. The molecule has 4 N–H and O–H groups in total. The molecule has 1 aliphatic rings. The van der Waals surface area contributed by atoms with Gasteiger partial charge in [-0.25, -0.2) is 0 Å². The summed E-state index contributed by atoms with van der Waals surface area (Å²) >= 11 is 0. The molecule has 0 amide bonds. The molecule has 3 aromatic rings. The Morgan fingerprint density at radius 2 is 2.10 bits per heavy atom. The summed E-state index contributed by atoms with van der Waals surface area (Å²) in [6.45, 7) is -0.0330. The van der Waals surface area contributed by atoms with Crippen molar-refractivity contribution >= 4 is 22.7 Å². The fraction of sp³-hybridized carbons (Fsp3) is 0.368. The number of aromatic nitrogens is 3. The highest BCUT2D eigenvalue weighted by molar-refractivity contribution is 5.80. The number of fused-ring (bicyclic) bond motifs is 1. The molecule has 30 heavy (non-hydrogen) atoms. The maximum absolute atomic E-state index is 12.5. The summed E-state index contributed by atoms with van der Waals surface area (Å²) in [4.78, 5) is 30.0. The van der Waals surface area contributed by atoms with Crippen LogP contribution in [-0.4, -0.2) is 37.3 Å². The lowest BCUT2D eigenvalue weighted by atomic mass is 10.2. The van der Waals surface area contributed by atoms with Gasteiger partial charge in [-0.15, -0.1) is 0 Å².